The highest BCUT2D eigenvalue weighted by molar-refractivity contribution is 7.92. The molecule has 1 amide bonds. The maximum Gasteiger partial charge on any atom is 0.241 e. The molecule has 8 heteroatoms. The second-order valence-electron chi connectivity index (χ2n) is 7.00. The first-order valence-electron chi connectivity index (χ1n) is 8.85. The lowest BCUT2D eigenvalue weighted by Gasteiger charge is -2.26. The van der Waals surface area contributed by atoms with Gasteiger partial charge in [-0.15, -0.1) is 0 Å². The van der Waals surface area contributed by atoms with E-state index in [1.165, 1.54) is 6.07 Å². The van der Waals surface area contributed by atoms with Crippen molar-refractivity contribution in [3.8, 4) is 0 Å². The van der Waals surface area contributed by atoms with Gasteiger partial charge >= 0.3 is 0 Å². The summed E-state index contributed by atoms with van der Waals surface area (Å²) < 4.78 is 25.6. The van der Waals surface area contributed by atoms with Crippen LogP contribution in [-0.4, -0.2) is 27.1 Å². The van der Waals surface area contributed by atoms with Gasteiger partial charge in [0.15, 0.2) is 0 Å². The number of sulfonamides is 1. The summed E-state index contributed by atoms with van der Waals surface area (Å²) in [7, 11) is -3.75. The van der Waals surface area contributed by atoms with E-state index in [0.717, 1.165) is 22.5 Å². The predicted molar refractivity (Wildman–Crippen MR) is 115 cm³/mol. The highest BCUT2D eigenvalue weighted by Gasteiger charge is 2.25. The number of rotatable bonds is 8. The Balaban J connectivity index is 2.26. The average molecular weight is 443 g/mol. The van der Waals surface area contributed by atoms with E-state index in [1.807, 2.05) is 30.3 Å². The molecule has 0 aliphatic carbocycles. The molecule has 0 bridgehead atoms. The van der Waals surface area contributed by atoms with E-state index in [9.17, 15) is 13.2 Å². The molecule has 0 radical (unpaired) electrons. The third kappa shape index (κ3) is 6.12. The van der Waals surface area contributed by atoms with Crippen LogP contribution in [0.15, 0.2) is 48.5 Å². The molecule has 1 N–H and O–H groups in total. The smallest absolute Gasteiger partial charge is 0.241 e. The molecule has 0 heterocycles. The van der Waals surface area contributed by atoms with Crippen LogP contribution < -0.4 is 9.62 Å². The van der Waals surface area contributed by atoms with Crippen LogP contribution in [0.5, 0.6) is 0 Å². The van der Waals surface area contributed by atoms with Crippen molar-refractivity contribution in [2.75, 3.05) is 17.1 Å². The largest absolute Gasteiger partial charge is 0.348 e. The highest BCUT2D eigenvalue weighted by Crippen LogP contribution is 2.33. The zero-order chi connectivity index (χ0) is 20.9. The number of carbonyl (C=O) groups is 1. The van der Waals surface area contributed by atoms with Gasteiger partial charge in [0.1, 0.15) is 6.54 Å². The van der Waals surface area contributed by atoms with E-state index in [2.05, 4.69) is 19.2 Å². The lowest BCUT2D eigenvalue weighted by atomic mass is 9.97. The summed E-state index contributed by atoms with van der Waals surface area (Å²) in [4.78, 5) is 12.7. The Bertz CT molecular complexity index is 918. The number of benzene rings is 2. The van der Waals surface area contributed by atoms with Gasteiger partial charge in [-0.2, -0.15) is 0 Å². The fourth-order valence-electron chi connectivity index (χ4n) is 2.87. The molecule has 2 aromatic carbocycles. The lowest BCUT2D eigenvalue weighted by molar-refractivity contribution is -0.120. The van der Waals surface area contributed by atoms with Gasteiger partial charge in [-0.25, -0.2) is 8.42 Å². The van der Waals surface area contributed by atoms with E-state index in [1.54, 1.807) is 12.1 Å². The van der Waals surface area contributed by atoms with Crippen LogP contribution in [0.1, 0.15) is 31.9 Å². The van der Waals surface area contributed by atoms with Gasteiger partial charge in [-0.1, -0.05) is 73.4 Å². The fourth-order valence-corrected chi connectivity index (χ4v) is 4.18. The molecule has 0 aliphatic heterocycles. The maximum absolute atomic E-state index is 12.7. The predicted octanol–water partition coefficient (Wildman–Crippen LogP) is 4.66. The van der Waals surface area contributed by atoms with Crippen LogP contribution in [0.25, 0.3) is 0 Å². The van der Waals surface area contributed by atoms with Crippen LogP contribution in [0, 0.1) is 5.92 Å². The molecule has 0 fully saturated rings. The van der Waals surface area contributed by atoms with Gasteiger partial charge in [-0.05, 0) is 30.0 Å². The molecule has 2 rings (SSSR count). The van der Waals surface area contributed by atoms with Gasteiger partial charge in [0.25, 0.3) is 0 Å². The van der Waals surface area contributed by atoms with Crippen molar-refractivity contribution < 1.29 is 13.2 Å². The summed E-state index contributed by atoms with van der Waals surface area (Å²) in [5, 5.41) is 3.25. The second-order valence-corrected chi connectivity index (χ2v) is 9.69. The second kappa shape index (κ2) is 9.63. The molecule has 1 atom stereocenters. The lowest BCUT2D eigenvalue weighted by Crippen LogP contribution is -2.42. The third-order valence-electron chi connectivity index (χ3n) is 4.13. The van der Waals surface area contributed by atoms with E-state index in [0.29, 0.717) is 5.92 Å². The van der Waals surface area contributed by atoms with E-state index >= 15 is 0 Å². The summed E-state index contributed by atoms with van der Waals surface area (Å²) in [6.45, 7) is 3.74. The molecule has 0 spiro atoms. The first kappa shape index (κ1) is 22.5. The monoisotopic (exact) mass is 442 g/mol. The van der Waals surface area contributed by atoms with Crippen molar-refractivity contribution in [3.63, 3.8) is 0 Å². The number of hydrogen-bond acceptors (Lipinski definition) is 3. The van der Waals surface area contributed by atoms with Crippen molar-refractivity contribution in [1.29, 1.82) is 0 Å². The number of anilines is 1. The summed E-state index contributed by atoms with van der Waals surface area (Å²) in [5.41, 5.74) is 1.14. The van der Waals surface area contributed by atoms with E-state index < -0.39 is 15.9 Å². The number of halogens is 2. The van der Waals surface area contributed by atoms with Crippen molar-refractivity contribution in [3.05, 3.63) is 64.1 Å². The number of amides is 1. The average Bonchev–Trinajstić information content (AvgIpc) is 2.61. The molecule has 5 nitrogen and oxygen atoms in total. The zero-order valence-corrected chi connectivity index (χ0v) is 18.4. The van der Waals surface area contributed by atoms with Crippen molar-refractivity contribution in [2.24, 2.45) is 5.92 Å². The molecule has 0 saturated carbocycles. The Labute approximate surface area is 176 Å². The molecule has 0 saturated heterocycles. The Kier molecular flexibility index (Phi) is 7.75. The molecule has 2 aromatic rings. The Morgan fingerprint density at radius 3 is 2.29 bits per heavy atom. The number of nitrogens with zero attached hydrogens (tertiary/aromatic N) is 1. The maximum atomic E-state index is 12.7. The van der Waals surface area contributed by atoms with Gasteiger partial charge in [0.05, 0.1) is 28.0 Å². The fraction of sp³-hybridized carbons (Fsp3) is 0.350. The minimum Gasteiger partial charge on any atom is -0.348 e. The quantitative estimate of drug-likeness (QED) is 0.645. The number of carbonyl (C=O) groups excluding carboxylic acids is 1. The standard InChI is InChI=1S/C20H24Cl2N2O3S/c1-14(2)12-17(15-8-5-4-6-9-15)23-19(25)13-24(28(3,26)27)18-11-7-10-16(21)20(18)22/h4-11,14,17H,12-13H2,1-3H3,(H,23,25). The topological polar surface area (TPSA) is 66.5 Å². The summed E-state index contributed by atoms with van der Waals surface area (Å²) in [5.74, 6) is -0.0742. The Morgan fingerprint density at radius 2 is 1.71 bits per heavy atom. The molecular weight excluding hydrogens is 419 g/mol. The van der Waals surface area contributed by atoms with Crippen molar-refractivity contribution >= 4 is 44.8 Å². The molecule has 0 aliphatic rings. The summed E-state index contributed by atoms with van der Waals surface area (Å²) in [6, 6.07) is 14.0. The number of hydrogen-bond donors (Lipinski definition) is 1. The zero-order valence-electron chi connectivity index (χ0n) is 16.0. The van der Waals surface area contributed by atoms with E-state index in [4.69, 9.17) is 23.2 Å². The normalized spacial score (nSPS) is 12.6. The molecule has 1 unspecified atom stereocenters. The first-order valence-corrected chi connectivity index (χ1v) is 11.5. The van der Waals surface area contributed by atoms with Gasteiger partial charge in [0, 0.05) is 0 Å². The minimum atomic E-state index is -3.75. The van der Waals surface area contributed by atoms with Crippen LogP contribution in [-0.2, 0) is 14.8 Å². The van der Waals surface area contributed by atoms with Crippen LogP contribution >= 0.6 is 23.2 Å². The molecule has 152 valence electrons. The third-order valence-corrected chi connectivity index (χ3v) is 6.07. The molecule has 0 aromatic heterocycles. The SMILES string of the molecule is CC(C)CC(NC(=O)CN(c1cccc(Cl)c1Cl)S(C)(=O)=O)c1ccccc1. The van der Waals surface area contributed by atoms with Gasteiger partial charge in [0.2, 0.25) is 15.9 Å². The first-order chi connectivity index (χ1) is 13.1. The van der Waals surface area contributed by atoms with Crippen molar-refractivity contribution in [1.82, 2.24) is 5.32 Å². The van der Waals surface area contributed by atoms with Crippen LogP contribution in [0.4, 0.5) is 5.69 Å². The van der Waals surface area contributed by atoms with Crippen LogP contribution in [0.3, 0.4) is 0 Å². The van der Waals surface area contributed by atoms with Gasteiger partial charge in [-0.3, -0.25) is 9.10 Å². The Hall–Kier alpha value is -1.76. The summed E-state index contributed by atoms with van der Waals surface area (Å²) in [6.07, 6.45) is 1.76. The Morgan fingerprint density at radius 1 is 1.07 bits per heavy atom. The highest BCUT2D eigenvalue weighted by atomic mass is 35.5. The van der Waals surface area contributed by atoms with E-state index in [-0.39, 0.29) is 28.3 Å². The molecule has 28 heavy (non-hydrogen) atoms. The summed E-state index contributed by atoms with van der Waals surface area (Å²) >= 11 is 12.2. The van der Waals surface area contributed by atoms with Crippen LogP contribution in [0.2, 0.25) is 10.0 Å². The molecular formula is C20H24Cl2N2O3S. The minimum absolute atomic E-state index is 0.0872. The van der Waals surface area contributed by atoms with Crippen molar-refractivity contribution in [2.45, 2.75) is 26.3 Å². The number of nitrogens with one attached hydrogen (secondary N) is 1. The van der Waals surface area contributed by atoms with Gasteiger partial charge < -0.3 is 5.32 Å².